The maximum Gasteiger partial charge on any atom is 0.421 e. The van der Waals surface area contributed by atoms with Crippen LogP contribution < -0.4 is 20.1 Å². The molecule has 0 atom stereocenters. The smallest absolute Gasteiger partial charge is 0.421 e. The molecule has 2 N–H and O–H groups in total. The van der Waals surface area contributed by atoms with Crippen LogP contribution in [0.3, 0.4) is 0 Å². The molecule has 1 aliphatic carbocycles. The van der Waals surface area contributed by atoms with Gasteiger partial charge in [-0.25, -0.2) is 4.98 Å². The van der Waals surface area contributed by atoms with E-state index in [-0.39, 0.29) is 18.6 Å². The maximum atomic E-state index is 13.1. The minimum Gasteiger partial charge on any atom is -0.454 e. The molecule has 2 aromatic rings. The van der Waals surface area contributed by atoms with Crippen LogP contribution in [-0.2, 0) is 6.18 Å². The van der Waals surface area contributed by atoms with E-state index in [0.29, 0.717) is 29.6 Å². The molecule has 0 amide bonds. The average Bonchev–Trinajstić information content (AvgIpc) is 3.28. The molecule has 2 heterocycles. The largest absolute Gasteiger partial charge is 0.454 e. The monoisotopic (exact) mass is 352 g/mol. The van der Waals surface area contributed by atoms with Crippen molar-refractivity contribution in [3.05, 3.63) is 30.0 Å². The second-order valence-electron chi connectivity index (χ2n) is 5.97. The number of anilines is 3. The van der Waals surface area contributed by atoms with Gasteiger partial charge < -0.3 is 20.1 Å². The van der Waals surface area contributed by atoms with Crippen LogP contribution in [0.2, 0.25) is 0 Å². The summed E-state index contributed by atoms with van der Waals surface area (Å²) >= 11 is 0. The highest BCUT2D eigenvalue weighted by molar-refractivity contribution is 5.61. The normalized spacial score (nSPS) is 16.0. The van der Waals surface area contributed by atoms with Gasteiger partial charge in [-0.15, -0.1) is 0 Å². The summed E-state index contributed by atoms with van der Waals surface area (Å²) in [5.74, 6) is 1.46. The summed E-state index contributed by atoms with van der Waals surface area (Å²) in [5, 5.41) is 5.68. The van der Waals surface area contributed by atoms with Gasteiger partial charge >= 0.3 is 6.18 Å². The Morgan fingerprint density at radius 3 is 2.72 bits per heavy atom. The van der Waals surface area contributed by atoms with E-state index < -0.39 is 11.7 Å². The molecule has 25 heavy (non-hydrogen) atoms. The number of halogens is 3. The molecule has 132 valence electrons. The van der Waals surface area contributed by atoms with Crippen molar-refractivity contribution in [2.45, 2.75) is 19.0 Å². The lowest BCUT2D eigenvalue weighted by Crippen LogP contribution is -2.15. The van der Waals surface area contributed by atoms with E-state index in [2.05, 4.69) is 20.6 Å². The number of hydrogen-bond donors (Lipinski definition) is 2. The molecule has 6 nitrogen and oxygen atoms in total. The lowest BCUT2D eigenvalue weighted by atomic mass is 10.2. The minimum atomic E-state index is -4.51. The Hall–Kier alpha value is -2.71. The number of rotatable bonds is 5. The molecule has 1 aromatic carbocycles. The Bertz CT molecular complexity index is 793. The molecular weight excluding hydrogens is 337 g/mol. The molecule has 1 aliphatic heterocycles. The third-order valence-corrected chi connectivity index (χ3v) is 3.98. The summed E-state index contributed by atoms with van der Waals surface area (Å²) in [5.41, 5.74) is -0.276. The third kappa shape index (κ3) is 3.54. The van der Waals surface area contributed by atoms with Crippen molar-refractivity contribution in [3.63, 3.8) is 0 Å². The number of nitrogens with one attached hydrogen (secondary N) is 2. The average molecular weight is 352 g/mol. The van der Waals surface area contributed by atoms with Crippen molar-refractivity contribution in [1.29, 1.82) is 0 Å². The number of benzene rings is 1. The Morgan fingerprint density at radius 1 is 1.16 bits per heavy atom. The number of fused-ring (bicyclic) bond motifs is 1. The fraction of sp³-hybridized carbons (Fsp3) is 0.375. The van der Waals surface area contributed by atoms with Crippen molar-refractivity contribution in [3.8, 4) is 11.5 Å². The lowest BCUT2D eigenvalue weighted by Gasteiger charge is -2.14. The molecule has 1 aromatic heterocycles. The van der Waals surface area contributed by atoms with Crippen LogP contribution in [0.1, 0.15) is 18.4 Å². The highest BCUT2D eigenvalue weighted by atomic mass is 19.4. The standard InChI is InChI=1S/C16H15F3N4O2/c17-16(18,19)11-7-21-15(23-14(11)20-6-9-1-2-9)22-10-3-4-12-13(5-10)25-8-24-12/h3-5,7,9H,1-2,6,8H2,(H2,20,21,22,23). The van der Waals surface area contributed by atoms with E-state index in [1.54, 1.807) is 18.2 Å². The van der Waals surface area contributed by atoms with Crippen LogP contribution in [0.25, 0.3) is 0 Å². The Labute approximate surface area is 141 Å². The second kappa shape index (κ2) is 5.98. The van der Waals surface area contributed by atoms with E-state index in [4.69, 9.17) is 9.47 Å². The summed E-state index contributed by atoms with van der Waals surface area (Å²) in [6.07, 6.45) is -1.66. The first kappa shape index (κ1) is 15.8. The van der Waals surface area contributed by atoms with Gasteiger partial charge in [0.25, 0.3) is 0 Å². The van der Waals surface area contributed by atoms with E-state index in [9.17, 15) is 13.2 Å². The van der Waals surface area contributed by atoms with Crippen LogP contribution in [0, 0.1) is 5.92 Å². The van der Waals surface area contributed by atoms with Gasteiger partial charge in [0, 0.05) is 24.5 Å². The lowest BCUT2D eigenvalue weighted by molar-refractivity contribution is -0.137. The maximum absolute atomic E-state index is 13.1. The van der Waals surface area contributed by atoms with Crippen LogP contribution in [0.4, 0.5) is 30.6 Å². The number of hydrogen-bond acceptors (Lipinski definition) is 6. The first-order valence-corrected chi connectivity index (χ1v) is 7.84. The highest BCUT2D eigenvalue weighted by Gasteiger charge is 2.35. The highest BCUT2D eigenvalue weighted by Crippen LogP contribution is 2.37. The summed E-state index contributed by atoms with van der Waals surface area (Å²) in [7, 11) is 0. The number of ether oxygens (including phenoxy) is 2. The van der Waals surface area contributed by atoms with Gasteiger partial charge in [0.15, 0.2) is 11.5 Å². The summed E-state index contributed by atoms with van der Waals surface area (Å²) in [6.45, 7) is 0.619. The SMILES string of the molecule is FC(F)(F)c1cnc(Nc2ccc3c(c2)OCO3)nc1NCC1CC1. The predicted octanol–water partition coefficient (Wildman–Crippen LogP) is 3.79. The van der Waals surface area contributed by atoms with Gasteiger partial charge in [-0.2, -0.15) is 18.2 Å². The molecule has 2 aliphatic rings. The number of alkyl halides is 3. The number of nitrogens with zero attached hydrogens (tertiary/aromatic N) is 2. The molecule has 0 unspecified atom stereocenters. The zero-order chi connectivity index (χ0) is 17.4. The van der Waals surface area contributed by atoms with Crippen LogP contribution >= 0.6 is 0 Å². The topological polar surface area (TPSA) is 68.3 Å². The minimum absolute atomic E-state index is 0.0742. The fourth-order valence-electron chi connectivity index (χ4n) is 2.45. The quantitative estimate of drug-likeness (QED) is 0.853. The van der Waals surface area contributed by atoms with Gasteiger partial charge in [0.05, 0.1) is 0 Å². The van der Waals surface area contributed by atoms with Crippen LogP contribution in [0.15, 0.2) is 24.4 Å². The van der Waals surface area contributed by atoms with Gasteiger partial charge in [0.1, 0.15) is 11.4 Å². The molecule has 0 bridgehead atoms. The first-order chi connectivity index (χ1) is 12.0. The Balaban J connectivity index is 1.57. The van der Waals surface area contributed by atoms with Crippen LogP contribution in [-0.4, -0.2) is 23.3 Å². The molecular formula is C16H15F3N4O2. The van der Waals surface area contributed by atoms with Crippen LogP contribution in [0.5, 0.6) is 11.5 Å². The van der Waals surface area contributed by atoms with E-state index in [1.807, 2.05) is 0 Å². The molecule has 0 saturated heterocycles. The third-order valence-electron chi connectivity index (χ3n) is 3.98. The van der Waals surface area contributed by atoms with Crippen molar-refractivity contribution in [1.82, 2.24) is 9.97 Å². The van der Waals surface area contributed by atoms with Gasteiger partial charge in [-0.05, 0) is 30.9 Å². The molecule has 1 fully saturated rings. The van der Waals surface area contributed by atoms with Gasteiger partial charge in [-0.3, -0.25) is 0 Å². The Morgan fingerprint density at radius 2 is 1.96 bits per heavy atom. The molecule has 9 heteroatoms. The summed E-state index contributed by atoms with van der Waals surface area (Å²) in [6, 6.07) is 5.10. The summed E-state index contributed by atoms with van der Waals surface area (Å²) in [4.78, 5) is 7.79. The molecule has 0 spiro atoms. The molecule has 1 saturated carbocycles. The molecule has 0 radical (unpaired) electrons. The van der Waals surface area contributed by atoms with E-state index in [1.165, 1.54) is 0 Å². The fourth-order valence-corrected chi connectivity index (χ4v) is 2.45. The summed E-state index contributed by atoms with van der Waals surface area (Å²) < 4.78 is 49.9. The zero-order valence-corrected chi connectivity index (χ0v) is 13.1. The molecule has 4 rings (SSSR count). The second-order valence-corrected chi connectivity index (χ2v) is 5.97. The van der Waals surface area contributed by atoms with Crippen molar-refractivity contribution < 1.29 is 22.6 Å². The first-order valence-electron chi connectivity index (χ1n) is 7.84. The van der Waals surface area contributed by atoms with Crippen molar-refractivity contribution in [2.75, 3.05) is 24.0 Å². The van der Waals surface area contributed by atoms with Gasteiger partial charge in [-0.1, -0.05) is 0 Å². The van der Waals surface area contributed by atoms with Crippen molar-refractivity contribution >= 4 is 17.5 Å². The van der Waals surface area contributed by atoms with Gasteiger partial charge in [0.2, 0.25) is 12.7 Å². The van der Waals surface area contributed by atoms with Crippen molar-refractivity contribution in [2.24, 2.45) is 5.92 Å². The predicted molar refractivity (Wildman–Crippen MR) is 84.1 cm³/mol. The van der Waals surface area contributed by atoms with E-state index in [0.717, 1.165) is 19.0 Å². The number of aromatic nitrogens is 2. The Kier molecular flexibility index (Phi) is 3.78. The van der Waals surface area contributed by atoms with E-state index >= 15 is 0 Å². The zero-order valence-electron chi connectivity index (χ0n) is 13.1.